The number of hydrogen-bond donors (Lipinski definition) is 2. The molecule has 0 unspecified atom stereocenters. The molecule has 0 spiro atoms. The highest BCUT2D eigenvalue weighted by Gasteiger charge is 2.19. The number of primary amides is 1. The molecule has 0 aliphatic carbocycles. The van der Waals surface area contributed by atoms with Crippen molar-refractivity contribution in [1.82, 2.24) is 19.7 Å². The molecule has 4 aromatic rings. The second-order valence-electron chi connectivity index (χ2n) is 7.30. The first kappa shape index (κ1) is 21.0. The zero-order chi connectivity index (χ0) is 22.8. The van der Waals surface area contributed by atoms with Crippen molar-refractivity contribution in [2.45, 2.75) is 20.4 Å². The maximum atomic E-state index is 13.2. The van der Waals surface area contributed by atoms with Crippen LogP contribution in [0.3, 0.4) is 0 Å². The zero-order valence-electron chi connectivity index (χ0n) is 17.9. The average Bonchev–Trinajstić information content (AvgIpc) is 3.06. The Morgan fingerprint density at radius 1 is 1.16 bits per heavy atom. The van der Waals surface area contributed by atoms with Gasteiger partial charge >= 0.3 is 0 Å². The molecule has 2 amide bonds. The van der Waals surface area contributed by atoms with E-state index < -0.39 is 5.91 Å². The lowest BCUT2D eigenvalue weighted by molar-refractivity contribution is 0.0996. The van der Waals surface area contributed by atoms with Gasteiger partial charge in [-0.3, -0.25) is 14.3 Å². The highest BCUT2D eigenvalue weighted by atomic mass is 16.5. The van der Waals surface area contributed by atoms with Crippen molar-refractivity contribution in [3.05, 3.63) is 76.9 Å². The number of nitrogens with one attached hydrogen (secondary N) is 1. The van der Waals surface area contributed by atoms with Gasteiger partial charge in [-0.25, -0.2) is 9.97 Å². The summed E-state index contributed by atoms with van der Waals surface area (Å²) in [7, 11) is 1.57. The minimum Gasteiger partial charge on any atom is -0.481 e. The van der Waals surface area contributed by atoms with E-state index in [-0.39, 0.29) is 11.6 Å². The van der Waals surface area contributed by atoms with Crippen LogP contribution in [0.2, 0.25) is 0 Å². The fourth-order valence-corrected chi connectivity index (χ4v) is 3.50. The van der Waals surface area contributed by atoms with Crippen molar-refractivity contribution in [2.75, 3.05) is 12.4 Å². The van der Waals surface area contributed by atoms with E-state index >= 15 is 0 Å². The van der Waals surface area contributed by atoms with Crippen LogP contribution in [0.15, 0.2) is 48.7 Å². The number of benzene rings is 1. The van der Waals surface area contributed by atoms with E-state index in [0.717, 1.165) is 11.3 Å². The Morgan fingerprint density at radius 3 is 2.62 bits per heavy atom. The number of carbonyl (C=O) groups excluding carboxylic acids is 2. The second kappa shape index (κ2) is 8.46. The maximum absolute atomic E-state index is 13.2. The normalized spacial score (nSPS) is 10.8. The monoisotopic (exact) mass is 430 g/mol. The fraction of sp³-hybridized carbons (Fsp3) is 0.174. The molecule has 9 nitrogen and oxygen atoms in total. The number of para-hydroxylation sites is 1. The number of ether oxygens (including phenoxy) is 1. The summed E-state index contributed by atoms with van der Waals surface area (Å²) >= 11 is 0. The van der Waals surface area contributed by atoms with E-state index in [9.17, 15) is 9.59 Å². The van der Waals surface area contributed by atoms with E-state index in [1.165, 1.54) is 6.07 Å². The third kappa shape index (κ3) is 4.00. The summed E-state index contributed by atoms with van der Waals surface area (Å²) in [6, 6.07) is 12.2. The van der Waals surface area contributed by atoms with Gasteiger partial charge in [0.05, 0.1) is 41.8 Å². The van der Waals surface area contributed by atoms with Gasteiger partial charge in [0.25, 0.3) is 11.8 Å². The summed E-state index contributed by atoms with van der Waals surface area (Å²) in [5, 5.41) is 8.13. The van der Waals surface area contributed by atoms with Crippen LogP contribution in [0.1, 0.15) is 37.8 Å². The minimum atomic E-state index is -0.696. The van der Waals surface area contributed by atoms with Crippen LogP contribution in [0, 0.1) is 13.8 Å². The molecule has 1 aromatic carbocycles. The van der Waals surface area contributed by atoms with Crippen LogP contribution in [-0.4, -0.2) is 38.7 Å². The fourth-order valence-electron chi connectivity index (χ4n) is 3.50. The minimum absolute atomic E-state index is 0.0324. The Kier molecular flexibility index (Phi) is 5.55. The molecule has 32 heavy (non-hydrogen) atoms. The Balaban J connectivity index is 1.65. The molecule has 0 saturated carbocycles. The Bertz CT molecular complexity index is 1330. The third-order valence-electron chi connectivity index (χ3n) is 5.17. The third-order valence-corrected chi connectivity index (χ3v) is 5.17. The van der Waals surface area contributed by atoms with Crippen molar-refractivity contribution in [2.24, 2.45) is 5.73 Å². The van der Waals surface area contributed by atoms with Crippen LogP contribution in [0.25, 0.3) is 10.9 Å². The molecule has 4 rings (SSSR count). The van der Waals surface area contributed by atoms with Gasteiger partial charge in [0.15, 0.2) is 0 Å². The van der Waals surface area contributed by atoms with Crippen LogP contribution in [0.5, 0.6) is 5.88 Å². The summed E-state index contributed by atoms with van der Waals surface area (Å²) < 4.78 is 6.89. The van der Waals surface area contributed by atoms with Gasteiger partial charge in [0.1, 0.15) is 5.69 Å². The van der Waals surface area contributed by atoms with Crippen LogP contribution < -0.4 is 15.8 Å². The number of carbonyl (C=O) groups is 2. The molecule has 3 aromatic heterocycles. The number of aromatic nitrogens is 4. The summed E-state index contributed by atoms with van der Waals surface area (Å²) in [5.74, 6) is -0.531. The predicted octanol–water partition coefficient (Wildman–Crippen LogP) is 2.85. The molecule has 3 N–H and O–H groups in total. The van der Waals surface area contributed by atoms with Crippen molar-refractivity contribution in [3.63, 3.8) is 0 Å². The van der Waals surface area contributed by atoms with Gasteiger partial charge in [-0.05, 0) is 31.5 Å². The molecule has 9 heteroatoms. The van der Waals surface area contributed by atoms with Crippen molar-refractivity contribution >= 4 is 28.4 Å². The number of pyridine rings is 2. The van der Waals surface area contributed by atoms with Crippen molar-refractivity contribution in [1.29, 1.82) is 0 Å². The molecule has 0 bridgehead atoms. The van der Waals surface area contributed by atoms with Crippen LogP contribution >= 0.6 is 0 Å². The molecule has 162 valence electrons. The average molecular weight is 430 g/mol. The first-order valence-corrected chi connectivity index (χ1v) is 9.91. The molecule has 3 heterocycles. The highest BCUT2D eigenvalue weighted by Crippen LogP contribution is 2.24. The first-order chi connectivity index (χ1) is 15.4. The second-order valence-corrected chi connectivity index (χ2v) is 7.30. The zero-order valence-corrected chi connectivity index (χ0v) is 17.9. The summed E-state index contributed by atoms with van der Waals surface area (Å²) in [6.45, 7) is 4.19. The lowest BCUT2D eigenvalue weighted by Crippen LogP contribution is -2.18. The number of nitrogens with zero attached hydrogens (tertiary/aromatic N) is 4. The summed E-state index contributed by atoms with van der Waals surface area (Å²) in [4.78, 5) is 33.4. The van der Waals surface area contributed by atoms with Gasteiger partial charge in [-0.1, -0.05) is 24.3 Å². The lowest BCUT2D eigenvalue weighted by Gasteiger charge is -2.10. The van der Waals surface area contributed by atoms with E-state index in [2.05, 4.69) is 20.4 Å². The number of amides is 2. The summed E-state index contributed by atoms with van der Waals surface area (Å²) in [6.07, 6.45) is 1.72. The quantitative estimate of drug-likeness (QED) is 0.485. The highest BCUT2D eigenvalue weighted by molar-refractivity contribution is 6.14. The molecule has 0 saturated heterocycles. The molecule has 0 atom stereocenters. The maximum Gasteiger partial charge on any atom is 0.267 e. The van der Waals surface area contributed by atoms with Crippen LogP contribution in [0.4, 0.5) is 5.69 Å². The van der Waals surface area contributed by atoms with E-state index in [1.54, 1.807) is 42.3 Å². The molecule has 0 aliphatic heterocycles. The summed E-state index contributed by atoms with van der Waals surface area (Å²) in [5.41, 5.74) is 9.29. The van der Waals surface area contributed by atoms with Crippen molar-refractivity contribution in [3.8, 4) is 5.88 Å². The molecular weight excluding hydrogens is 408 g/mol. The standard InChI is InChI=1S/C23H22N6O3/c1-13-21(14(2)29(28-13)12-15-8-9-20(32-3)25-11-15)27-23(31)17-10-19(22(24)30)26-18-7-5-4-6-16(17)18/h4-11H,12H2,1-3H3,(H2,24,30)(H,27,31). The SMILES string of the molecule is COc1ccc(Cn2nc(C)c(NC(=O)c3cc(C(N)=O)nc4ccccc34)c2C)cn1. The largest absolute Gasteiger partial charge is 0.481 e. The van der Waals surface area contributed by atoms with Gasteiger partial charge in [0, 0.05) is 17.6 Å². The van der Waals surface area contributed by atoms with E-state index in [4.69, 9.17) is 10.5 Å². The van der Waals surface area contributed by atoms with E-state index in [1.807, 2.05) is 26.0 Å². The number of nitrogens with two attached hydrogens (primary N) is 1. The number of rotatable bonds is 6. The molecule has 0 aliphatic rings. The van der Waals surface area contributed by atoms with Crippen LogP contribution in [-0.2, 0) is 6.54 Å². The number of hydrogen-bond acceptors (Lipinski definition) is 6. The molecular formula is C23H22N6O3. The molecule has 0 fully saturated rings. The topological polar surface area (TPSA) is 125 Å². The number of methoxy groups -OCH3 is 1. The predicted molar refractivity (Wildman–Crippen MR) is 120 cm³/mol. The van der Waals surface area contributed by atoms with Gasteiger partial charge < -0.3 is 15.8 Å². The lowest BCUT2D eigenvalue weighted by atomic mass is 10.1. The van der Waals surface area contributed by atoms with Gasteiger partial charge in [-0.2, -0.15) is 5.10 Å². The Hall–Kier alpha value is -4.27. The van der Waals surface area contributed by atoms with Crippen molar-refractivity contribution < 1.29 is 14.3 Å². The Labute approximate surface area is 184 Å². The van der Waals surface area contributed by atoms with E-state index in [0.29, 0.717) is 40.3 Å². The first-order valence-electron chi connectivity index (χ1n) is 9.91. The van der Waals surface area contributed by atoms with Gasteiger partial charge in [-0.15, -0.1) is 0 Å². The molecule has 0 radical (unpaired) electrons. The smallest absolute Gasteiger partial charge is 0.267 e. The Morgan fingerprint density at radius 2 is 1.94 bits per heavy atom. The van der Waals surface area contributed by atoms with Gasteiger partial charge in [0.2, 0.25) is 5.88 Å². The number of aryl methyl sites for hydroxylation is 1. The number of fused-ring (bicyclic) bond motifs is 1. The number of anilines is 1.